The summed E-state index contributed by atoms with van der Waals surface area (Å²) in [7, 11) is 0. The molecule has 2 N–H and O–H groups in total. The molecule has 1 amide bonds. The van der Waals surface area contributed by atoms with Crippen LogP contribution in [0, 0.1) is 11.6 Å². The van der Waals surface area contributed by atoms with Gasteiger partial charge >= 0.3 is 0 Å². The molecule has 0 unspecified atom stereocenters. The predicted molar refractivity (Wildman–Crippen MR) is 123 cm³/mol. The Morgan fingerprint density at radius 2 is 1.73 bits per heavy atom. The summed E-state index contributed by atoms with van der Waals surface area (Å²) < 4.78 is 33.5. The molecule has 0 aliphatic rings. The zero-order valence-corrected chi connectivity index (χ0v) is 17.8. The van der Waals surface area contributed by atoms with Gasteiger partial charge in [0, 0.05) is 16.5 Å². The van der Waals surface area contributed by atoms with Crippen molar-refractivity contribution in [3.63, 3.8) is 0 Å². The smallest absolute Gasteiger partial charge is 0.271 e. The molecule has 0 bridgehead atoms. The van der Waals surface area contributed by atoms with E-state index < -0.39 is 17.5 Å². The van der Waals surface area contributed by atoms with E-state index in [1.54, 1.807) is 12.1 Å². The largest absolute Gasteiger partial charge is 0.506 e. The fourth-order valence-corrected chi connectivity index (χ4v) is 3.41. The number of rotatable bonds is 6. The van der Waals surface area contributed by atoms with Crippen molar-refractivity contribution < 1.29 is 23.4 Å². The first kappa shape index (κ1) is 22.2. The van der Waals surface area contributed by atoms with Gasteiger partial charge in [-0.25, -0.2) is 14.2 Å². The van der Waals surface area contributed by atoms with Crippen LogP contribution in [0.5, 0.6) is 11.5 Å². The van der Waals surface area contributed by atoms with E-state index in [2.05, 4.69) is 10.5 Å². The average molecular weight is 467 g/mol. The molecule has 0 saturated carbocycles. The molecule has 0 fully saturated rings. The molecule has 0 saturated heterocycles. The van der Waals surface area contributed by atoms with E-state index in [0.29, 0.717) is 11.3 Å². The minimum absolute atomic E-state index is 0.0588. The van der Waals surface area contributed by atoms with Crippen LogP contribution in [-0.2, 0) is 6.61 Å². The van der Waals surface area contributed by atoms with Crippen molar-refractivity contribution in [2.75, 3.05) is 0 Å². The van der Waals surface area contributed by atoms with Gasteiger partial charge in [-0.1, -0.05) is 41.9 Å². The Labute approximate surface area is 192 Å². The fourth-order valence-electron chi connectivity index (χ4n) is 3.23. The monoisotopic (exact) mass is 466 g/mol. The van der Waals surface area contributed by atoms with Gasteiger partial charge in [0.2, 0.25) is 0 Å². The van der Waals surface area contributed by atoms with Gasteiger partial charge < -0.3 is 9.84 Å². The number of halogens is 3. The van der Waals surface area contributed by atoms with E-state index in [-0.39, 0.29) is 28.5 Å². The molecule has 8 heteroatoms. The van der Waals surface area contributed by atoms with Crippen LogP contribution in [-0.4, -0.2) is 17.2 Å². The number of carbonyl (C=O) groups is 1. The van der Waals surface area contributed by atoms with Gasteiger partial charge in [0.1, 0.15) is 29.7 Å². The van der Waals surface area contributed by atoms with E-state index in [9.17, 15) is 18.7 Å². The number of nitrogens with one attached hydrogen (secondary N) is 1. The number of benzene rings is 4. The van der Waals surface area contributed by atoms with Gasteiger partial charge in [-0.15, -0.1) is 0 Å². The Morgan fingerprint density at radius 3 is 2.45 bits per heavy atom. The third-order valence-electron chi connectivity index (χ3n) is 4.93. The number of hydrogen-bond donors (Lipinski definition) is 2. The number of amides is 1. The third-order valence-corrected chi connectivity index (χ3v) is 5.23. The standard InChI is InChI=1S/C25H17ClF2N2O3/c26-20-12-15(8-10-23(20)31)25(32)30-29-13-16-9-11-24(18-5-2-1-4-17(16)18)33-14-19-21(27)6-3-7-22(19)28/h1-13,31H,14H2,(H,30,32)/b29-13+. The predicted octanol–water partition coefficient (Wildman–Crippen LogP) is 5.82. The minimum atomic E-state index is -0.672. The molecule has 0 atom stereocenters. The van der Waals surface area contributed by atoms with Crippen LogP contribution in [0.4, 0.5) is 8.78 Å². The lowest BCUT2D eigenvalue weighted by atomic mass is 10.0. The van der Waals surface area contributed by atoms with Crippen molar-refractivity contribution in [3.05, 3.63) is 106 Å². The second-order valence-corrected chi connectivity index (χ2v) is 7.46. The van der Waals surface area contributed by atoms with Crippen molar-refractivity contribution >= 4 is 34.5 Å². The first-order valence-corrected chi connectivity index (χ1v) is 10.2. The highest BCUT2D eigenvalue weighted by atomic mass is 35.5. The Balaban J connectivity index is 1.53. The molecule has 4 aromatic rings. The van der Waals surface area contributed by atoms with Gasteiger partial charge in [-0.2, -0.15) is 5.10 Å². The fraction of sp³-hybridized carbons (Fsp3) is 0.0400. The Bertz CT molecular complexity index is 1360. The zero-order valence-electron chi connectivity index (χ0n) is 17.1. The third kappa shape index (κ3) is 4.94. The molecule has 0 heterocycles. The summed E-state index contributed by atoms with van der Waals surface area (Å²) in [6.07, 6.45) is 1.47. The molecule has 0 aliphatic carbocycles. The molecule has 0 spiro atoms. The molecular weight excluding hydrogens is 450 g/mol. The number of phenolic OH excluding ortho intramolecular Hbond substituents is 1. The molecule has 4 aromatic carbocycles. The molecule has 0 aliphatic heterocycles. The average Bonchev–Trinajstić information content (AvgIpc) is 2.81. The second kappa shape index (κ2) is 9.67. The van der Waals surface area contributed by atoms with E-state index in [4.69, 9.17) is 16.3 Å². The normalized spacial score (nSPS) is 11.1. The van der Waals surface area contributed by atoms with Crippen LogP contribution in [0.3, 0.4) is 0 Å². The Morgan fingerprint density at radius 1 is 1.00 bits per heavy atom. The van der Waals surface area contributed by atoms with Crippen molar-refractivity contribution in [2.45, 2.75) is 6.61 Å². The number of ether oxygens (including phenoxy) is 1. The molecule has 4 rings (SSSR count). The van der Waals surface area contributed by atoms with Crippen LogP contribution in [0.2, 0.25) is 5.02 Å². The summed E-state index contributed by atoms with van der Waals surface area (Å²) in [5.74, 6) is -1.51. The quantitative estimate of drug-likeness (QED) is 0.278. The SMILES string of the molecule is O=C(N/N=C/c1ccc(OCc2c(F)cccc2F)c2ccccc12)c1ccc(O)c(Cl)c1. The Kier molecular flexibility index (Phi) is 6.51. The summed E-state index contributed by atoms with van der Waals surface area (Å²) in [4.78, 5) is 12.2. The van der Waals surface area contributed by atoms with Gasteiger partial charge in [-0.05, 0) is 47.9 Å². The first-order valence-electron chi connectivity index (χ1n) is 9.83. The maximum absolute atomic E-state index is 13.9. The van der Waals surface area contributed by atoms with Crippen LogP contribution < -0.4 is 10.2 Å². The summed E-state index contributed by atoms with van der Waals surface area (Å²) in [5.41, 5.74) is 3.19. The maximum atomic E-state index is 13.9. The zero-order chi connectivity index (χ0) is 23.4. The van der Waals surface area contributed by atoms with Crippen LogP contribution in [0.25, 0.3) is 10.8 Å². The highest BCUT2D eigenvalue weighted by Gasteiger charge is 2.12. The topological polar surface area (TPSA) is 70.9 Å². The summed E-state index contributed by atoms with van der Waals surface area (Å²) in [5, 5.41) is 15.0. The highest BCUT2D eigenvalue weighted by molar-refractivity contribution is 6.32. The molecule has 5 nitrogen and oxygen atoms in total. The summed E-state index contributed by atoms with van der Waals surface area (Å²) >= 11 is 5.83. The van der Waals surface area contributed by atoms with Crippen molar-refractivity contribution in [1.82, 2.24) is 5.43 Å². The van der Waals surface area contributed by atoms with Crippen LogP contribution >= 0.6 is 11.6 Å². The number of phenols is 1. The lowest BCUT2D eigenvalue weighted by molar-refractivity contribution is 0.0955. The molecule has 166 valence electrons. The number of fused-ring (bicyclic) bond motifs is 1. The lowest BCUT2D eigenvalue weighted by Crippen LogP contribution is -2.17. The number of carbonyl (C=O) groups excluding carboxylic acids is 1. The van der Waals surface area contributed by atoms with Gasteiger partial charge in [0.15, 0.2) is 0 Å². The van der Waals surface area contributed by atoms with Gasteiger partial charge in [0.05, 0.1) is 16.8 Å². The Hall–Kier alpha value is -3.97. The minimum Gasteiger partial charge on any atom is -0.506 e. The van der Waals surface area contributed by atoms with Crippen molar-refractivity contribution in [3.8, 4) is 11.5 Å². The summed E-state index contributed by atoms with van der Waals surface area (Å²) in [6.45, 7) is -0.263. The van der Waals surface area contributed by atoms with E-state index in [0.717, 1.165) is 10.8 Å². The summed E-state index contributed by atoms with van der Waals surface area (Å²) in [6, 6.07) is 18.4. The second-order valence-electron chi connectivity index (χ2n) is 7.05. The number of hydrogen-bond acceptors (Lipinski definition) is 4. The van der Waals surface area contributed by atoms with E-state index in [1.807, 2.05) is 24.3 Å². The molecule has 33 heavy (non-hydrogen) atoms. The maximum Gasteiger partial charge on any atom is 0.271 e. The van der Waals surface area contributed by atoms with Crippen LogP contribution in [0.1, 0.15) is 21.5 Å². The molecular formula is C25H17ClF2N2O3. The molecule has 0 aromatic heterocycles. The van der Waals surface area contributed by atoms with Crippen LogP contribution in [0.15, 0.2) is 77.9 Å². The number of nitrogens with zero attached hydrogens (tertiary/aromatic N) is 1. The number of aromatic hydroxyl groups is 1. The van der Waals surface area contributed by atoms with E-state index >= 15 is 0 Å². The van der Waals surface area contributed by atoms with Crippen molar-refractivity contribution in [2.24, 2.45) is 5.10 Å². The number of hydrazone groups is 1. The van der Waals surface area contributed by atoms with Crippen molar-refractivity contribution in [1.29, 1.82) is 0 Å². The molecule has 0 radical (unpaired) electrons. The lowest BCUT2D eigenvalue weighted by Gasteiger charge is -2.12. The highest BCUT2D eigenvalue weighted by Crippen LogP contribution is 2.29. The first-order chi connectivity index (χ1) is 15.9. The van der Waals surface area contributed by atoms with E-state index in [1.165, 1.54) is 42.6 Å². The van der Waals surface area contributed by atoms with Gasteiger partial charge in [0.25, 0.3) is 5.91 Å². The van der Waals surface area contributed by atoms with Gasteiger partial charge in [-0.3, -0.25) is 4.79 Å².